The highest BCUT2D eigenvalue weighted by Crippen LogP contribution is 2.40. The lowest BCUT2D eigenvalue weighted by Gasteiger charge is -2.43. The summed E-state index contributed by atoms with van der Waals surface area (Å²) in [6.45, 7) is 4.40. The quantitative estimate of drug-likeness (QED) is 0.471. The van der Waals surface area contributed by atoms with E-state index in [2.05, 4.69) is 26.1 Å². The predicted octanol–water partition coefficient (Wildman–Crippen LogP) is 5.57. The van der Waals surface area contributed by atoms with Gasteiger partial charge in [-0.15, -0.1) is 10.2 Å². The van der Waals surface area contributed by atoms with Crippen molar-refractivity contribution in [3.05, 3.63) is 82.0 Å². The second-order valence-corrected chi connectivity index (χ2v) is 8.53. The third kappa shape index (κ3) is 4.26. The monoisotopic (exact) mass is 469 g/mol. The number of aromatic nitrogens is 2. The van der Waals surface area contributed by atoms with Crippen LogP contribution in [-0.2, 0) is 16.8 Å². The molecule has 156 valence electrons. The number of nitrogens with zero attached hydrogens (tertiary/aromatic N) is 3. The summed E-state index contributed by atoms with van der Waals surface area (Å²) in [4.78, 5) is 14.9. The van der Waals surface area contributed by atoms with Crippen LogP contribution >= 0.6 is 15.9 Å². The van der Waals surface area contributed by atoms with E-state index in [0.717, 1.165) is 15.6 Å². The van der Waals surface area contributed by atoms with Gasteiger partial charge >= 0.3 is 6.09 Å². The van der Waals surface area contributed by atoms with E-state index in [1.807, 2.05) is 61.5 Å². The van der Waals surface area contributed by atoms with Gasteiger partial charge in [-0.05, 0) is 30.2 Å². The Hall–Kier alpha value is -2.67. The van der Waals surface area contributed by atoms with Crippen LogP contribution < -0.4 is 0 Å². The van der Waals surface area contributed by atoms with Crippen LogP contribution in [0.2, 0.25) is 0 Å². The van der Waals surface area contributed by atoms with Crippen LogP contribution in [0.3, 0.4) is 0 Å². The lowest BCUT2D eigenvalue weighted by Crippen LogP contribution is -2.49. The molecule has 0 N–H and O–H groups in total. The first kappa shape index (κ1) is 20.6. The number of hydrogen-bond donors (Lipinski definition) is 0. The van der Waals surface area contributed by atoms with Crippen LogP contribution in [0.15, 0.2) is 63.5 Å². The number of halogens is 1. The average molecular weight is 470 g/mol. The van der Waals surface area contributed by atoms with Crippen molar-refractivity contribution in [3.8, 4) is 0 Å². The molecule has 0 radical (unpaired) electrons. The molecule has 1 aliphatic heterocycles. The molecular formula is C23H24BrN3O3. The number of amides is 1. The Morgan fingerprint density at radius 2 is 1.87 bits per heavy atom. The maximum atomic E-state index is 13.1. The van der Waals surface area contributed by atoms with Gasteiger partial charge < -0.3 is 14.1 Å². The maximum Gasteiger partial charge on any atom is 0.411 e. The van der Waals surface area contributed by atoms with Crippen LogP contribution in [0, 0.1) is 6.92 Å². The summed E-state index contributed by atoms with van der Waals surface area (Å²) in [5, 5.41) is 7.99. The van der Waals surface area contributed by atoms with Gasteiger partial charge in [-0.1, -0.05) is 58.4 Å². The maximum absolute atomic E-state index is 13.1. The number of carbonyl (C=O) groups excluding carboxylic acids is 1. The Kier molecular flexibility index (Phi) is 5.90. The van der Waals surface area contributed by atoms with E-state index in [1.54, 1.807) is 11.8 Å². The smallest absolute Gasteiger partial charge is 0.411 e. The Bertz CT molecular complexity index is 1010. The molecule has 1 saturated heterocycles. The third-order valence-corrected chi connectivity index (χ3v) is 6.23. The van der Waals surface area contributed by atoms with Crippen molar-refractivity contribution < 1.29 is 13.9 Å². The molecule has 1 unspecified atom stereocenters. The van der Waals surface area contributed by atoms with Crippen molar-refractivity contribution >= 4 is 22.0 Å². The predicted molar refractivity (Wildman–Crippen MR) is 116 cm³/mol. The fraction of sp³-hybridized carbons (Fsp3) is 0.348. The fourth-order valence-corrected chi connectivity index (χ4v) is 4.22. The van der Waals surface area contributed by atoms with Crippen molar-refractivity contribution in [1.82, 2.24) is 15.1 Å². The molecule has 30 heavy (non-hydrogen) atoms. The van der Waals surface area contributed by atoms with Crippen molar-refractivity contribution in [1.29, 1.82) is 0 Å². The van der Waals surface area contributed by atoms with Crippen molar-refractivity contribution in [2.45, 2.75) is 44.8 Å². The molecule has 0 spiro atoms. The molecule has 1 aromatic heterocycles. The summed E-state index contributed by atoms with van der Waals surface area (Å²) in [5.74, 6) is 1.10. The summed E-state index contributed by atoms with van der Waals surface area (Å²) in [6, 6.07) is 17.9. The van der Waals surface area contributed by atoms with E-state index in [9.17, 15) is 4.79 Å². The minimum absolute atomic E-state index is 0.0713. The lowest BCUT2D eigenvalue weighted by atomic mass is 9.84. The molecule has 3 aromatic rings. The number of hydrogen-bond acceptors (Lipinski definition) is 5. The number of benzene rings is 2. The second-order valence-electron chi connectivity index (χ2n) is 7.61. The van der Waals surface area contributed by atoms with Gasteiger partial charge in [-0.2, -0.15) is 0 Å². The van der Waals surface area contributed by atoms with Gasteiger partial charge in [-0.25, -0.2) is 4.79 Å². The molecule has 2 aromatic carbocycles. The Labute approximate surface area is 184 Å². The van der Waals surface area contributed by atoms with E-state index in [0.29, 0.717) is 37.6 Å². The van der Waals surface area contributed by atoms with Crippen LogP contribution in [0.25, 0.3) is 0 Å². The second kappa shape index (κ2) is 8.60. The van der Waals surface area contributed by atoms with Crippen LogP contribution in [0.1, 0.15) is 48.7 Å². The molecule has 6 nitrogen and oxygen atoms in total. The van der Waals surface area contributed by atoms with Crippen LogP contribution in [0.4, 0.5) is 4.79 Å². The Morgan fingerprint density at radius 1 is 1.13 bits per heavy atom. The largest absolute Gasteiger partial charge is 0.438 e. The van der Waals surface area contributed by atoms with Gasteiger partial charge in [-0.3, -0.25) is 0 Å². The number of ether oxygens (including phenoxy) is 1. The van der Waals surface area contributed by atoms with Gasteiger partial charge in [0.1, 0.15) is 5.60 Å². The fourth-order valence-electron chi connectivity index (χ4n) is 3.96. The Balaban J connectivity index is 1.55. The molecule has 1 aliphatic rings. The SMILES string of the molecule is Cc1nnc(CCC2(c3ccccc3)CCN([C@@H](C)c3ccc(Br)cc3)C(=O)O2)o1. The first-order chi connectivity index (χ1) is 14.5. The molecule has 1 amide bonds. The molecule has 0 bridgehead atoms. The minimum atomic E-state index is -0.712. The van der Waals surface area contributed by atoms with Gasteiger partial charge in [0, 0.05) is 37.2 Å². The molecule has 0 saturated carbocycles. The van der Waals surface area contributed by atoms with E-state index < -0.39 is 5.60 Å². The number of aryl methyl sites for hydroxylation is 2. The molecular weight excluding hydrogens is 446 g/mol. The number of cyclic esters (lactones) is 1. The van der Waals surface area contributed by atoms with Crippen LogP contribution in [-0.4, -0.2) is 27.7 Å². The first-order valence-corrected chi connectivity index (χ1v) is 10.9. The van der Waals surface area contributed by atoms with Gasteiger partial charge in [0.25, 0.3) is 0 Å². The third-order valence-electron chi connectivity index (χ3n) is 5.70. The summed E-state index contributed by atoms with van der Waals surface area (Å²) < 4.78 is 12.7. The van der Waals surface area contributed by atoms with Gasteiger partial charge in [0.15, 0.2) is 0 Å². The normalized spacial score (nSPS) is 20.1. The topological polar surface area (TPSA) is 68.5 Å². The lowest BCUT2D eigenvalue weighted by molar-refractivity contribution is -0.0660. The molecule has 2 atom stereocenters. The molecule has 2 heterocycles. The highest BCUT2D eigenvalue weighted by molar-refractivity contribution is 9.10. The van der Waals surface area contributed by atoms with Crippen molar-refractivity contribution in [2.24, 2.45) is 0 Å². The van der Waals surface area contributed by atoms with Gasteiger partial charge in [0.2, 0.25) is 11.8 Å². The first-order valence-electron chi connectivity index (χ1n) is 10.1. The molecule has 1 fully saturated rings. The summed E-state index contributed by atoms with van der Waals surface area (Å²) in [5.41, 5.74) is 1.35. The highest BCUT2D eigenvalue weighted by Gasteiger charge is 2.43. The van der Waals surface area contributed by atoms with Crippen LogP contribution in [0.5, 0.6) is 0 Å². The number of carbonyl (C=O) groups is 1. The average Bonchev–Trinajstić information content (AvgIpc) is 3.18. The molecule has 4 rings (SSSR count). The number of rotatable bonds is 6. The standard InChI is InChI=1S/C23H24BrN3O3/c1-16(18-8-10-20(24)11-9-18)27-15-14-23(30-22(27)28,19-6-4-3-5-7-19)13-12-21-26-25-17(2)29-21/h3-11,16H,12-15H2,1-2H3/t16-,23?/m0/s1. The summed E-state index contributed by atoms with van der Waals surface area (Å²) in [6.07, 6.45) is 1.52. The zero-order chi connectivity index (χ0) is 21.1. The minimum Gasteiger partial charge on any atom is -0.438 e. The van der Waals surface area contributed by atoms with E-state index in [-0.39, 0.29) is 12.1 Å². The molecule has 7 heteroatoms. The zero-order valence-electron chi connectivity index (χ0n) is 17.0. The van der Waals surface area contributed by atoms with E-state index in [4.69, 9.17) is 9.15 Å². The van der Waals surface area contributed by atoms with Crippen molar-refractivity contribution in [2.75, 3.05) is 6.54 Å². The molecule has 0 aliphatic carbocycles. The van der Waals surface area contributed by atoms with E-state index in [1.165, 1.54) is 0 Å². The summed E-state index contributed by atoms with van der Waals surface area (Å²) in [7, 11) is 0. The van der Waals surface area contributed by atoms with Gasteiger partial charge in [0.05, 0.1) is 6.04 Å². The van der Waals surface area contributed by atoms with E-state index >= 15 is 0 Å². The highest BCUT2D eigenvalue weighted by atomic mass is 79.9. The summed E-state index contributed by atoms with van der Waals surface area (Å²) >= 11 is 3.46. The zero-order valence-corrected chi connectivity index (χ0v) is 18.6. The van der Waals surface area contributed by atoms with Crippen molar-refractivity contribution in [3.63, 3.8) is 0 Å². The Morgan fingerprint density at radius 3 is 2.50 bits per heavy atom.